The van der Waals surface area contributed by atoms with E-state index in [0.717, 1.165) is 32.0 Å². The number of benzene rings is 1. The maximum absolute atomic E-state index is 12.9. The zero-order valence-corrected chi connectivity index (χ0v) is 19.0. The summed E-state index contributed by atoms with van der Waals surface area (Å²) in [7, 11) is 0.791. The molecule has 1 heterocycles. The standard InChI is InChI=1S/C21H33F3N4OS/c1-20(2,3)30(29)13-10-26-19(25-4)27-18-8-11-28(12-9-18)15-16-6-5-7-17(14-16)21(22,23)24/h5-7,14,18H,8-13,15H2,1-4H3,(H2,25,26,27). The first-order chi connectivity index (χ1) is 14.0. The van der Waals surface area contributed by atoms with E-state index in [1.165, 1.54) is 12.1 Å². The van der Waals surface area contributed by atoms with Crippen molar-refractivity contribution in [2.45, 2.75) is 57.1 Å². The number of nitrogens with zero attached hydrogens (tertiary/aromatic N) is 2. The fourth-order valence-electron chi connectivity index (χ4n) is 3.30. The molecule has 1 atom stereocenters. The largest absolute Gasteiger partial charge is 0.416 e. The number of piperidine rings is 1. The molecule has 1 saturated heterocycles. The summed E-state index contributed by atoms with van der Waals surface area (Å²) >= 11 is 0. The van der Waals surface area contributed by atoms with Crippen LogP contribution in [-0.2, 0) is 23.5 Å². The number of hydrogen-bond donors (Lipinski definition) is 2. The quantitative estimate of drug-likeness (QED) is 0.520. The predicted octanol–water partition coefficient (Wildman–Crippen LogP) is 3.38. The monoisotopic (exact) mass is 446 g/mol. The summed E-state index contributed by atoms with van der Waals surface area (Å²) in [4.78, 5) is 6.41. The molecule has 1 unspecified atom stereocenters. The Balaban J connectivity index is 1.76. The van der Waals surface area contributed by atoms with Crippen LogP contribution in [0.1, 0.15) is 44.7 Å². The molecule has 2 N–H and O–H groups in total. The number of halogens is 3. The molecule has 0 bridgehead atoms. The van der Waals surface area contributed by atoms with Gasteiger partial charge in [-0.3, -0.25) is 14.1 Å². The first-order valence-corrected chi connectivity index (χ1v) is 11.5. The third kappa shape index (κ3) is 7.91. The van der Waals surface area contributed by atoms with E-state index in [-0.39, 0.29) is 10.8 Å². The van der Waals surface area contributed by atoms with E-state index in [0.29, 0.717) is 30.4 Å². The normalized spacial score (nSPS) is 18.3. The van der Waals surface area contributed by atoms with Crippen LogP contribution in [0.3, 0.4) is 0 Å². The Kier molecular flexibility index (Phi) is 8.73. The van der Waals surface area contributed by atoms with Gasteiger partial charge in [0.2, 0.25) is 0 Å². The molecule has 0 spiro atoms. The Morgan fingerprint density at radius 1 is 1.23 bits per heavy atom. The summed E-state index contributed by atoms with van der Waals surface area (Å²) < 4.78 is 50.6. The van der Waals surface area contributed by atoms with Gasteiger partial charge in [-0.15, -0.1) is 0 Å². The van der Waals surface area contributed by atoms with Gasteiger partial charge in [0.1, 0.15) is 0 Å². The molecule has 1 fully saturated rings. The zero-order chi connectivity index (χ0) is 22.4. The number of aliphatic imine (C=N–C) groups is 1. The lowest BCUT2D eigenvalue weighted by molar-refractivity contribution is -0.137. The average Bonchev–Trinajstić information content (AvgIpc) is 2.67. The zero-order valence-electron chi connectivity index (χ0n) is 18.2. The van der Waals surface area contributed by atoms with Crippen LogP contribution in [0.15, 0.2) is 29.3 Å². The molecule has 0 radical (unpaired) electrons. The summed E-state index contributed by atoms with van der Waals surface area (Å²) in [5, 5.41) is 6.61. The van der Waals surface area contributed by atoms with E-state index in [1.807, 2.05) is 20.8 Å². The molecule has 2 rings (SSSR count). The Hall–Kier alpha value is -1.61. The second-order valence-corrected chi connectivity index (χ2v) is 10.9. The topological polar surface area (TPSA) is 56.7 Å². The number of hydrogen-bond acceptors (Lipinski definition) is 3. The highest BCUT2D eigenvalue weighted by molar-refractivity contribution is 7.86. The van der Waals surface area contributed by atoms with E-state index in [4.69, 9.17) is 0 Å². The van der Waals surface area contributed by atoms with E-state index >= 15 is 0 Å². The van der Waals surface area contributed by atoms with Gasteiger partial charge in [-0.2, -0.15) is 13.2 Å². The Morgan fingerprint density at radius 2 is 1.90 bits per heavy atom. The number of likely N-dealkylation sites (tertiary alicyclic amines) is 1. The highest BCUT2D eigenvalue weighted by atomic mass is 32.2. The Labute approximate surface area is 180 Å². The van der Waals surface area contributed by atoms with Crippen molar-refractivity contribution in [2.24, 2.45) is 4.99 Å². The van der Waals surface area contributed by atoms with Crippen LogP contribution in [-0.4, -0.2) is 58.3 Å². The van der Waals surface area contributed by atoms with Gasteiger partial charge in [0.05, 0.1) is 5.56 Å². The van der Waals surface area contributed by atoms with Crippen LogP contribution < -0.4 is 10.6 Å². The van der Waals surface area contributed by atoms with Gasteiger partial charge in [-0.25, -0.2) is 0 Å². The van der Waals surface area contributed by atoms with Gasteiger partial charge in [0.15, 0.2) is 5.96 Å². The molecular formula is C21H33F3N4OS. The molecule has 1 aromatic carbocycles. The van der Waals surface area contributed by atoms with Crippen molar-refractivity contribution >= 4 is 16.8 Å². The van der Waals surface area contributed by atoms with Gasteiger partial charge in [0.25, 0.3) is 0 Å². The van der Waals surface area contributed by atoms with Crippen LogP contribution in [0, 0.1) is 0 Å². The molecular weight excluding hydrogens is 413 g/mol. The van der Waals surface area contributed by atoms with Crippen molar-refractivity contribution in [1.82, 2.24) is 15.5 Å². The van der Waals surface area contributed by atoms with Crippen LogP contribution in [0.2, 0.25) is 0 Å². The maximum atomic E-state index is 12.9. The predicted molar refractivity (Wildman–Crippen MR) is 117 cm³/mol. The minimum Gasteiger partial charge on any atom is -0.355 e. The average molecular weight is 447 g/mol. The summed E-state index contributed by atoms with van der Waals surface area (Å²) in [5.41, 5.74) is 0.0828. The van der Waals surface area contributed by atoms with Crippen molar-refractivity contribution in [3.8, 4) is 0 Å². The first kappa shape index (κ1) is 24.7. The summed E-state index contributed by atoms with van der Waals surface area (Å²) in [6.07, 6.45) is -2.55. The van der Waals surface area contributed by atoms with Crippen molar-refractivity contribution in [3.63, 3.8) is 0 Å². The molecule has 1 aliphatic rings. The highest BCUT2D eigenvalue weighted by Crippen LogP contribution is 2.30. The number of rotatable bonds is 6. The molecule has 1 aromatic rings. The highest BCUT2D eigenvalue weighted by Gasteiger charge is 2.30. The molecule has 170 valence electrons. The lowest BCUT2D eigenvalue weighted by atomic mass is 10.0. The molecule has 1 aliphatic heterocycles. The third-order valence-electron chi connectivity index (χ3n) is 5.08. The van der Waals surface area contributed by atoms with Gasteiger partial charge >= 0.3 is 6.18 Å². The molecule has 0 saturated carbocycles. The molecule has 30 heavy (non-hydrogen) atoms. The van der Waals surface area contributed by atoms with Crippen molar-refractivity contribution in [1.29, 1.82) is 0 Å². The maximum Gasteiger partial charge on any atom is 0.416 e. The van der Waals surface area contributed by atoms with Crippen molar-refractivity contribution in [2.75, 3.05) is 32.4 Å². The lowest BCUT2D eigenvalue weighted by Gasteiger charge is -2.33. The van der Waals surface area contributed by atoms with Crippen LogP contribution >= 0.6 is 0 Å². The van der Waals surface area contributed by atoms with Gasteiger partial charge in [-0.05, 0) is 45.2 Å². The molecule has 0 aromatic heterocycles. The molecule has 0 aliphatic carbocycles. The summed E-state index contributed by atoms with van der Waals surface area (Å²) in [5.74, 6) is 1.25. The Morgan fingerprint density at radius 3 is 2.47 bits per heavy atom. The van der Waals surface area contributed by atoms with Gasteiger partial charge in [-0.1, -0.05) is 18.2 Å². The first-order valence-electron chi connectivity index (χ1n) is 10.2. The van der Waals surface area contributed by atoms with Gasteiger partial charge in [0, 0.05) is 60.6 Å². The van der Waals surface area contributed by atoms with Crippen LogP contribution in [0.5, 0.6) is 0 Å². The van der Waals surface area contributed by atoms with Crippen molar-refractivity contribution in [3.05, 3.63) is 35.4 Å². The second-order valence-electron chi connectivity index (χ2n) is 8.55. The molecule has 9 heteroatoms. The second kappa shape index (κ2) is 10.6. The molecule has 5 nitrogen and oxygen atoms in total. The third-order valence-corrected chi connectivity index (χ3v) is 7.02. The van der Waals surface area contributed by atoms with Crippen LogP contribution in [0.25, 0.3) is 0 Å². The number of alkyl halides is 3. The van der Waals surface area contributed by atoms with E-state index in [1.54, 1.807) is 13.1 Å². The lowest BCUT2D eigenvalue weighted by Crippen LogP contribution is -2.49. The SMILES string of the molecule is CN=C(NCCS(=O)C(C)(C)C)NC1CCN(Cc2cccc(C(F)(F)F)c2)CC1. The minimum absolute atomic E-state index is 0.231. The van der Waals surface area contributed by atoms with Gasteiger partial charge < -0.3 is 10.6 Å². The summed E-state index contributed by atoms with van der Waals surface area (Å²) in [6.45, 7) is 8.59. The summed E-state index contributed by atoms with van der Waals surface area (Å²) in [6, 6.07) is 5.80. The fourth-order valence-corrected chi connectivity index (χ4v) is 4.20. The number of guanidine groups is 1. The fraction of sp³-hybridized carbons (Fsp3) is 0.667. The molecule has 0 amide bonds. The van der Waals surface area contributed by atoms with Crippen LogP contribution in [0.4, 0.5) is 13.2 Å². The smallest absolute Gasteiger partial charge is 0.355 e. The van der Waals surface area contributed by atoms with E-state index < -0.39 is 22.5 Å². The Bertz CT molecular complexity index is 739. The minimum atomic E-state index is -4.31. The number of nitrogens with one attached hydrogen (secondary N) is 2. The van der Waals surface area contributed by atoms with Crippen molar-refractivity contribution < 1.29 is 17.4 Å². The van der Waals surface area contributed by atoms with E-state index in [9.17, 15) is 17.4 Å². The van der Waals surface area contributed by atoms with E-state index in [2.05, 4.69) is 20.5 Å².